The fourth-order valence-electron chi connectivity index (χ4n) is 3.20. The predicted octanol–water partition coefficient (Wildman–Crippen LogP) is 5.40. The van der Waals surface area contributed by atoms with Crippen molar-refractivity contribution in [3.05, 3.63) is 76.5 Å². The Kier molecular flexibility index (Phi) is 6.25. The number of halogens is 2. The number of hydrogen-bond donors (Lipinski definition) is 0. The second-order valence-electron chi connectivity index (χ2n) is 6.56. The summed E-state index contributed by atoms with van der Waals surface area (Å²) in [6.45, 7) is 3.87. The lowest BCUT2D eigenvalue weighted by molar-refractivity contribution is 0.645. The fraction of sp³-hybridized carbons (Fsp3) is 0.238. The molecule has 0 N–H and O–H groups in total. The Morgan fingerprint density at radius 2 is 1.57 bits per heavy atom. The number of hydrogen-bond acceptors (Lipinski definition) is 5. The zero-order chi connectivity index (χ0) is 19.3. The maximum Gasteiger partial charge on any atom is 0.133 e. The first-order chi connectivity index (χ1) is 13.7. The van der Waals surface area contributed by atoms with E-state index in [1.807, 2.05) is 18.2 Å². The van der Waals surface area contributed by atoms with Crippen molar-refractivity contribution in [1.29, 1.82) is 0 Å². The maximum absolute atomic E-state index is 6.10. The summed E-state index contributed by atoms with van der Waals surface area (Å²) in [4.78, 5) is 13.6. The van der Waals surface area contributed by atoms with Gasteiger partial charge in [0.15, 0.2) is 0 Å². The van der Waals surface area contributed by atoms with E-state index in [2.05, 4.69) is 56.2 Å². The van der Waals surface area contributed by atoms with Gasteiger partial charge in [-0.2, -0.15) is 0 Å². The van der Waals surface area contributed by atoms with Crippen molar-refractivity contribution in [2.24, 2.45) is 0 Å². The highest BCUT2D eigenvalue weighted by molar-refractivity contribution is 7.98. The van der Waals surface area contributed by atoms with Crippen molar-refractivity contribution in [3.8, 4) is 0 Å². The number of para-hydroxylation sites is 1. The third kappa shape index (κ3) is 4.72. The third-order valence-corrected chi connectivity index (χ3v) is 6.46. The van der Waals surface area contributed by atoms with Gasteiger partial charge in [0.05, 0.1) is 10.0 Å². The molecule has 0 bridgehead atoms. The summed E-state index contributed by atoms with van der Waals surface area (Å²) in [5.41, 5.74) is 2.40. The molecule has 1 fully saturated rings. The van der Waals surface area contributed by atoms with E-state index >= 15 is 0 Å². The lowest BCUT2D eigenvalue weighted by atomic mass is 10.2. The molecule has 0 spiro atoms. The molecule has 0 radical (unpaired) electrons. The van der Waals surface area contributed by atoms with Crippen molar-refractivity contribution in [1.82, 2.24) is 9.97 Å². The van der Waals surface area contributed by atoms with Gasteiger partial charge < -0.3 is 9.80 Å². The molecule has 0 aliphatic carbocycles. The molecule has 1 aliphatic rings. The molecule has 28 heavy (non-hydrogen) atoms. The van der Waals surface area contributed by atoms with Crippen molar-refractivity contribution >= 4 is 46.5 Å². The molecular formula is C21H20Cl2N4S. The van der Waals surface area contributed by atoms with Gasteiger partial charge in [-0.3, -0.25) is 0 Å². The minimum atomic E-state index is 0.578. The summed E-state index contributed by atoms with van der Waals surface area (Å²) in [6, 6.07) is 18.4. The van der Waals surface area contributed by atoms with E-state index in [9.17, 15) is 0 Å². The van der Waals surface area contributed by atoms with E-state index in [0.29, 0.717) is 10.0 Å². The number of piperazine rings is 1. The predicted molar refractivity (Wildman–Crippen MR) is 119 cm³/mol. The highest BCUT2D eigenvalue weighted by atomic mass is 35.5. The first-order valence-corrected chi connectivity index (χ1v) is 10.9. The number of nitrogens with zero attached hydrogens (tertiary/aromatic N) is 4. The normalized spacial score (nSPS) is 14.4. The van der Waals surface area contributed by atoms with Gasteiger partial charge in [0.1, 0.15) is 17.2 Å². The molecule has 2 aromatic carbocycles. The van der Waals surface area contributed by atoms with Gasteiger partial charge in [0.2, 0.25) is 0 Å². The van der Waals surface area contributed by atoms with Crippen LogP contribution in [0.15, 0.2) is 66.0 Å². The van der Waals surface area contributed by atoms with E-state index in [1.165, 1.54) is 5.69 Å². The summed E-state index contributed by atoms with van der Waals surface area (Å²) in [6.07, 6.45) is 1.65. The van der Waals surface area contributed by atoms with E-state index in [4.69, 9.17) is 23.2 Å². The van der Waals surface area contributed by atoms with E-state index in [-0.39, 0.29) is 0 Å². The quantitative estimate of drug-likeness (QED) is 0.399. The van der Waals surface area contributed by atoms with E-state index < -0.39 is 0 Å². The highest BCUT2D eigenvalue weighted by Crippen LogP contribution is 2.28. The van der Waals surface area contributed by atoms with Crippen LogP contribution in [0, 0.1) is 0 Å². The first kappa shape index (κ1) is 19.4. The molecule has 144 valence electrons. The fourth-order valence-corrected chi connectivity index (χ4v) is 4.33. The number of benzene rings is 2. The summed E-state index contributed by atoms with van der Waals surface area (Å²) in [7, 11) is 0. The van der Waals surface area contributed by atoms with Crippen LogP contribution >= 0.6 is 35.0 Å². The summed E-state index contributed by atoms with van der Waals surface area (Å²) in [5.74, 6) is 1.77. The van der Waals surface area contributed by atoms with Gasteiger partial charge in [-0.05, 0) is 29.8 Å². The van der Waals surface area contributed by atoms with Crippen LogP contribution < -0.4 is 9.80 Å². The Morgan fingerprint density at radius 3 is 2.32 bits per heavy atom. The van der Waals surface area contributed by atoms with Gasteiger partial charge in [-0.25, -0.2) is 9.97 Å². The van der Waals surface area contributed by atoms with Crippen LogP contribution in [0.4, 0.5) is 11.5 Å². The van der Waals surface area contributed by atoms with Crippen LogP contribution in [0.25, 0.3) is 0 Å². The highest BCUT2D eigenvalue weighted by Gasteiger charge is 2.18. The van der Waals surface area contributed by atoms with Gasteiger partial charge >= 0.3 is 0 Å². The molecule has 1 aliphatic heterocycles. The molecule has 0 saturated carbocycles. The smallest absolute Gasteiger partial charge is 0.133 e. The molecule has 3 aromatic rings. The molecule has 1 aromatic heterocycles. The molecule has 0 amide bonds. The van der Waals surface area contributed by atoms with E-state index in [1.54, 1.807) is 18.1 Å². The zero-order valence-corrected chi connectivity index (χ0v) is 17.6. The Balaban J connectivity index is 1.37. The third-order valence-electron chi connectivity index (χ3n) is 4.72. The second-order valence-corrected chi connectivity index (χ2v) is 8.37. The lowest BCUT2D eigenvalue weighted by Gasteiger charge is -2.36. The molecule has 4 rings (SSSR count). The van der Waals surface area contributed by atoms with Crippen molar-refractivity contribution in [2.75, 3.05) is 36.0 Å². The zero-order valence-electron chi connectivity index (χ0n) is 15.3. The standard InChI is InChI=1S/C21H20Cl2N4S/c22-18-7-6-16(12-19(18)23)14-28-21-13-20(24-15-25-21)27-10-8-26(9-11-27)17-4-2-1-3-5-17/h1-7,12-13,15H,8-11,14H2. The maximum atomic E-state index is 6.10. The summed E-state index contributed by atoms with van der Waals surface area (Å²) in [5, 5.41) is 2.12. The molecule has 7 heteroatoms. The molecular weight excluding hydrogens is 411 g/mol. The largest absolute Gasteiger partial charge is 0.368 e. The first-order valence-electron chi connectivity index (χ1n) is 9.13. The number of rotatable bonds is 5. The van der Waals surface area contributed by atoms with Crippen LogP contribution in [0.5, 0.6) is 0 Å². The van der Waals surface area contributed by atoms with Crippen molar-refractivity contribution < 1.29 is 0 Å². The molecule has 2 heterocycles. The van der Waals surface area contributed by atoms with Gasteiger partial charge in [0, 0.05) is 43.7 Å². The van der Waals surface area contributed by atoms with Crippen LogP contribution in [0.1, 0.15) is 5.56 Å². The number of aromatic nitrogens is 2. The minimum absolute atomic E-state index is 0.578. The topological polar surface area (TPSA) is 32.3 Å². The summed E-state index contributed by atoms with van der Waals surface area (Å²) >= 11 is 13.8. The SMILES string of the molecule is Clc1ccc(CSc2cc(N3CCN(c4ccccc4)CC3)ncn2)cc1Cl. The van der Waals surface area contributed by atoms with Crippen LogP contribution in [-0.2, 0) is 5.75 Å². The average molecular weight is 431 g/mol. The molecule has 1 saturated heterocycles. The Hall–Kier alpha value is -1.95. The van der Waals surface area contributed by atoms with E-state index in [0.717, 1.165) is 48.3 Å². The minimum Gasteiger partial charge on any atom is -0.368 e. The van der Waals surface area contributed by atoms with Crippen LogP contribution in [-0.4, -0.2) is 36.1 Å². The number of thioether (sulfide) groups is 1. The lowest BCUT2D eigenvalue weighted by Crippen LogP contribution is -2.46. The monoisotopic (exact) mass is 430 g/mol. The van der Waals surface area contributed by atoms with Crippen LogP contribution in [0.3, 0.4) is 0 Å². The average Bonchev–Trinajstić information content (AvgIpc) is 2.75. The van der Waals surface area contributed by atoms with Gasteiger partial charge in [-0.1, -0.05) is 47.5 Å². The van der Waals surface area contributed by atoms with Gasteiger partial charge in [-0.15, -0.1) is 11.8 Å². The molecule has 0 atom stereocenters. The van der Waals surface area contributed by atoms with Crippen molar-refractivity contribution in [3.63, 3.8) is 0 Å². The summed E-state index contributed by atoms with van der Waals surface area (Å²) < 4.78 is 0. The van der Waals surface area contributed by atoms with Gasteiger partial charge in [0.25, 0.3) is 0 Å². The Labute approximate surface area is 179 Å². The Bertz CT molecular complexity index is 931. The van der Waals surface area contributed by atoms with Crippen LogP contribution in [0.2, 0.25) is 10.0 Å². The molecule has 0 unspecified atom stereocenters. The Morgan fingerprint density at radius 1 is 0.821 bits per heavy atom. The second kappa shape index (κ2) is 9.03. The number of anilines is 2. The van der Waals surface area contributed by atoms with Crippen molar-refractivity contribution in [2.45, 2.75) is 10.8 Å². The molecule has 4 nitrogen and oxygen atoms in total.